The first-order chi connectivity index (χ1) is 9.14. The number of carbonyl (C=O) groups is 1. The average Bonchev–Trinajstić information content (AvgIpc) is 2.94. The minimum absolute atomic E-state index is 0.140. The lowest BCUT2D eigenvalue weighted by molar-refractivity contribution is -0.153. The number of piperidine rings is 1. The molecule has 2 saturated heterocycles. The molecular formula is C16H23NO2. The van der Waals surface area contributed by atoms with Gasteiger partial charge in [-0.15, -0.1) is 0 Å². The molecule has 0 unspecified atom stereocenters. The second-order valence-electron chi connectivity index (χ2n) is 7.00. The zero-order valence-electron chi connectivity index (χ0n) is 11.7. The third-order valence-corrected chi connectivity index (χ3v) is 5.94. The Hall–Kier alpha value is -0.830. The Morgan fingerprint density at radius 2 is 2.11 bits per heavy atom. The summed E-state index contributed by atoms with van der Waals surface area (Å²) in [7, 11) is 0. The van der Waals surface area contributed by atoms with Crippen LogP contribution in [0.5, 0.6) is 0 Å². The highest BCUT2D eigenvalue weighted by Gasteiger charge is 2.59. The van der Waals surface area contributed by atoms with Gasteiger partial charge in [-0.1, -0.05) is 31.4 Å². The third kappa shape index (κ3) is 1.57. The molecule has 0 N–H and O–H groups in total. The summed E-state index contributed by atoms with van der Waals surface area (Å²) in [5, 5.41) is 0. The molecule has 2 spiro atoms. The van der Waals surface area contributed by atoms with E-state index in [1.54, 1.807) is 6.92 Å². The van der Waals surface area contributed by atoms with E-state index in [9.17, 15) is 4.79 Å². The summed E-state index contributed by atoms with van der Waals surface area (Å²) >= 11 is 0. The normalized spacial score (nSPS) is 42.7. The van der Waals surface area contributed by atoms with E-state index in [0.29, 0.717) is 12.0 Å². The fraction of sp³-hybridized carbons (Fsp3) is 0.812. The van der Waals surface area contributed by atoms with Gasteiger partial charge >= 0.3 is 0 Å². The molecule has 3 nitrogen and oxygen atoms in total. The molecule has 1 saturated carbocycles. The number of ether oxygens (including phenoxy) is 1. The molecular weight excluding hydrogens is 238 g/mol. The average molecular weight is 261 g/mol. The van der Waals surface area contributed by atoms with Gasteiger partial charge in [-0.3, -0.25) is 4.79 Å². The standard InChI is InChI=1S/C16H23NO2/c1-12(18)17-11-16-8-5-14(19-16)9-13(16)10-15(17)6-3-2-4-7-15/h5,8,13-14H,2-4,6-7,9-11H2,1H3/t13-,14-,16+/m0/s1. The predicted molar refractivity (Wildman–Crippen MR) is 72.7 cm³/mol. The molecule has 3 fully saturated rings. The van der Waals surface area contributed by atoms with Crippen molar-refractivity contribution in [3.05, 3.63) is 12.2 Å². The van der Waals surface area contributed by atoms with E-state index in [4.69, 9.17) is 4.74 Å². The van der Waals surface area contributed by atoms with Crippen molar-refractivity contribution >= 4 is 5.91 Å². The Balaban J connectivity index is 1.69. The highest BCUT2D eigenvalue weighted by atomic mass is 16.5. The van der Waals surface area contributed by atoms with Crippen LogP contribution in [-0.2, 0) is 9.53 Å². The van der Waals surface area contributed by atoms with Crippen LogP contribution in [-0.4, -0.2) is 34.6 Å². The lowest BCUT2D eigenvalue weighted by atomic mass is 9.65. The Labute approximate surface area is 115 Å². The van der Waals surface area contributed by atoms with E-state index in [0.717, 1.165) is 13.0 Å². The molecule has 2 bridgehead atoms. The minimum atomic E-state index is -0.140. The van der Waals surface area contributed by atoms with Gasteiger partial charge in [0, 0.05) is 12.5 Å². The van der Waals surface area contributed by atoms with Crippen LogP contribution >= 0.6 is 0 Å². The Bertz CT molecular complexity index is 438. The van der Waals surface area contributed by atoms with Gasteiger partial charge in [-0.05, 0) is 31.6 Å². The first-order valence-corrected chi connectivity index (χ1v) is 7.79. The summed E-state index contributed by atoms with van der Waals surface area (Å²) in [5.74, 6) is 0.873. The fourth-order valence-corrected chi connectivity index (χ4v) is 5.06. The Kier molecular flexibility index (Phi) is 2.42. The summed E-state index contributed by atoms with van der Waals surface area (Å²) in [4.78, 5) is 14.3. The van der Waals surface area contributed by atoms with Crippen LogP contribution in [0.3, 0.4) is 0 Å². The molecule has 3 aliphatic heterocycles. The van der Waals surface area contributed by atoms with E-state index in [2.05, 4.69) is 17.1 Å². The van der Waals surface area contributed by atoms with Gasteiger partial charge in [0.15, 0.2) is 0 Å². The quantitative estimate of drug-likeness (QED) is 0.627. The van der Waals surface area contributed by atoms with Crippen LogP contribution in [0, 0.1) is 5.92 Å². The highest BCUT2D eigenvalue weighted by molar-refractivity contribution is 5.74. The van der Waals surface area contributed by atoms with Crippen molar-refractivity contribution in [1.29, 1.82) is 0 Å². The maximum Gasteiger partial charge on any atom is 0.220 e. The summed E-state index contributed by atoms with van der Waals surface area (Å²) in [6.45, 7) is 2.53. The number of hydrogen-bond donors (Lipinski definition) is 0. The number of fused-ring (bicyclic) bond motifs is 1. The van der Waals surface area contributed by atoms with Crippen molar-refractivity contribution in [2.75, 3.05) is 6.54 Å². The summed E-state index contributed by atoms with van der Waals surface area (Å²) in [6.07, 6.45) is 13.4. The van der Waals surface area contributed by atoms with E-state index in [-0.39, 0.29) is 17.0 Å². The maximum atomic E-state index is 12.2. The molecule has 3 atom stereocenters. The van der Waals surface area contributed by atoms with Crippen molar-refractivity contribution < 1.29 is 9.53 Å². The second-order valence-corrected chi connectivity index (χ2v) is 7.00. The van der Waals surface area contributed by atoms with Gasteiger partial charge in [-0.25, -0.2) is 0 Å². The van der Waals surface area contributed by atoms with Gasteiger partial charge < -0.3 is 9.64 Å². The number of amides is 1. The molecule has 1 aliphatic carbocycles. The largest absolute Gasteiger partial charge is 0.361 e. The van der Waals surface area contributed by atoms with Crippen LogP contribution in [0.1, 0.15) is 51.9 Å². The molecule has 19 heavy (non-hydrogen) atoms. The van der Waals surface area contributed by atoms with Gasteiger partial charge in [-0.2, -0.15) is 0 Å². The number of nitrogens with zero attached hydrogens (tertiary/aromatic N) is 1. The van der Waals surface area contributed by atoms with Crippen molar-refractivity contribution in [3.8, 4) is 0 Å². The summed E-state index contributed by atoms with van der Waals surface area (Å²) in [5.41, 5.74) is 0.0146. The first-order valence-electron chi connectivity index (χ1n) is 7.79. The number of carbonyl (C=O) groups excluding carboxylic acids is 1. The number of rotatable bonds is 0. The number of hydrogen-bond acceptors (Lipinski definition) is 2. The second kappa shape index (κ2) is 3.85. The van der Waals surface area contributed by atoms with Gasteiger partial charge in [0.25, 0.3) is 0 Å². The zero-order valence-corrected chi connectivity index (χ0v) is 11.7. The Morgan fingerprint density at radius 1 is 1.32 bits per heavy atom. The fourth-order valence-electron chi connectivity index (χ4n) is 5.06. The molecule has 0 aromatic rings. The van der Waals surface area contributed by atoms with Crippen molar-refractivity contribution in [2.45, 2.75) is 69.1 Å². The van der Waals surface area contributed by atoms with Crippen LogP contribution < -0.4 is 0 Å². The van der Waals surface area contributed by atoms with Crippen LogP contribution in [0.15, 0.2) is 12.2 Å². The third-order valence-electron chi connectivity index (χ3n) is 5.94. The lowest BCUT2D eigenvalue weighted by Gasteiger charge is -2.55. The smallest absolute Gasteiger partial charge is 0.220 e. The summed E-state index contributed by atoms with van der Waals surface area (Å²) in [6, 6.07) is 0. The van der Waals surface area contributed by atoms with Crippen molar-refractivity contribution in [2.24, 2.45) is 5.92 Å². The summed E-state index contributed by atoms with van der Waals surface area (Å²) < 4.78 is 6.17. The van der Waals surface area contributed by atoms with Crippen LogP contribution in [0.4, 0.5) is 0 Å². The van der Waals surface area contributed by atoms with E-state index < -0.39 is 0 Å². The highest BCUT2D eigenvalue weighted by Crippen LogP contribution is 2.54. The molecule has 0 radical (unpaired) electrons. The zero-order chi connectivity index (χ0) is 13.1. The van der Waals surface area contributed by atoms with Crippen LogP contribution in [0.25, 0.3) is 0 Å². The molecule has 4 rings (SSSR count). The minimum Gasteiger partial charge on any atom is -0.361 e. The molecule has 3 heteroatoms. The van der Waals surface area contributed by atoms with Gasteiger partial charge in [0.2, 0.25) is 5.91 Å². The molecule has 0 aromatic carbocycles. The van der Waals surface area contributed by atoms with E-state index in [1.807, 2.05) is 0 Å². The van der Waals surface area contributed by atoms with E-state index in [1.165, 1.54) is 38.5 Å². The molecule has 104 valence electrons. The molecule has 3 heterocycles. The van der Waals surface area contributed by atoms with Crippen molar-refractivity contribution in [3.63, 3.8) is 0 Å². The van der Waals surface area contributed by atoms with Gasteiger partial charge in [0.1, 0.15) is 5.60 Å². The monoisotopic (exact) mass is 261 g/mol. The van der Waals surface area contributed by atoms with Crippen molar-refractivity contribution in [1.82, 2.24) is 4.90 Å². The lowest BCUT2D eigenvalue weighted by Crippen LogP contribution is -2.64. The number of likely N-dealkylation sites (tertiary alicyclic amines) is 1. The topological polar surface area (TPSA) is 29.5 Å². The van der Waals surface area contributed by atoms with Gasteiger partial charge in [0.05, 0.1) is 12.6 Å². The SMILES string of the molecule is CC(=O)N1C[C@]23C=C[C@@H](C[C@H]2CC12CCCCC2)O3. The Morgan fingerprint density at radius 3 is 2.79 bits per heavy atom. The molecule has 1 amide bonds. The van der Waals surface area contributed by atoms with E-state index >= 15 is 0 Å². The predicted octanol–water partition coefficient (Wildman–Crippen LogP) is 2.66. The molecule has 0 aromatic heterocycles. The maximum absolute atomic E-state index is 12.2. The first kappa shape index (κ1) is 12.0. The molecule has 4 aliphatic rings. The van der Waals surface area contributed by atoms with Crippen LogP contribution in [0.2, 0.25) is 0 Å².